The Morgan fingerprint density at radius 2 is 1.85 bits per heavy atom. The number of benzene rings is 1. The molecule has 2 heteroatoms. The van der Waals surface area contributed by atoms with Crippen LogP contribution in [0.25, 0.3) is 10.9 Å². The second-order valence-corrected chi connectivity index (χ2v) is 6.86. The Bertz CT molecular complexity index is 585. The molecule has 20 heavy (non-hydrogen) atoms. The molecule has 1 heterocycles. The van der Waals surface area contributed by atoms with Crippen molar-refractivity contribution in [1.82, 2.24) is 4.57 Å². The molecule has 1 aromatic carbocycles. The minimum atomic E-state index is -0.651. The molecule has 1 aromatic heterocycles. The first-order valence-corrected chi connectivity index (χ1v) is 7.85. The van der Waals surface area contributed by atoms with Crippen molar-refractivity contribution in [3.63, 3.8) is 0 Å². The van der Waals surface area contributed by atoms with Crippen molar-refractivity contribution >= 4 is 10.9 Å². The van der Waals surface area contributed by atoms with Crippen molar-refractivity contribution in [2.24, 2.45) is 0 Å². The third-order valence-electron chi connectivity index (χ3n) is 4.41. The number of fused-ring (bicyclic) bond motifs is 1. The Balaban J connectivity index is 2.03. The van der Waals surface area contributed by atoms with E-state index in [1.807, 2.05) is 13.8 Å². The maximum Gasteiger partial charge on any atom is 0.0632 e. The van der Waals surface area contributed by atoms with Crippen molar-refractivity contribution in [2.45, 2.75) is 64.0 Å². The van der Waals surface area contributed by atoms with Crippen LogP contribution in [0.5, 0.6) is 0 Å². The Labute approximate surface area is 121 Å². The summed E-state index contributed by atoms with van der Waals surface area (Å²) < 4.78 is 2.47. The van der Waals surface area contributed by atoms with E-state index in [9.17, 15) is 5.11 Å². The van der Waals surface area contributed by atoms with Gasteiger partial charge in [-0.15, -0.1) is 0 Å². The zero-order chi connectivity index (χ0) is 14.2. The average molecular weight is 271 g/mol. The second kappa shape index (κ2) is 5.25. The molecule has 2 nitrogen and oxygen atoms in total. The van der Waals surface area contributed by atoms with Crippen molar-refractivity contribution in [3.05, 3.63) is 36.0 Å². The van der Waals surface area contributed by atoms with Gasteiger partial charge in [0.25, 0.3) is 0 Å². The van der Waals surface area contributed by atoms with Crippen molar-refractivity contribution in [2.75, 3.05) is 0 Å². The van der Waals surface area contributed by atoms with Gasteiger partial charge in [-0.3, -0.25) is 0 Å². The highest BCUT2D eigenvalue weighted by molar-refractivity contribution is 5.84. The number of rotatable bonds is 3. The molecule has 1 aliphatic carbocycles. The molecule has 0 aliphatic heterocycles. The minimum absolute atomic E-state index is 0.643. The lowest BCUT2D eigenvalue weighted by Crippen LogP contribution is -2.21. The van der Waals surface area contributed by atoms with Crippen LogP contribution in [0.15, 0.2) is 30.5 Å². The van der Waals surface area contributed by atoms with Crippen molar-refractivity contribution in [3.8, 4) is 0 Å². The van der Waals surface area contributed by atoms with Crippen LogP contribution in [0.1, 0.15) is 57.6 Å². The van der Waals surface area contributed by atoms with Gasteiger partial charge in [-0.25, -0.2) is 0 Å². The molecule has 1 fully saturated rings. The van der Waals surface area contributed by atoms with Crippen LogP contribution in [-0.2, 0) is 6.42 Å². The lowest BCUT2D eigenvalue weighted by molar-refractivity contribution is 0.0812. The van der Waals surface area contributed by atoms with E-state index in [-0.39, 0.29) is 0 Å². The summed E-state index contributed by atoms with van der Waals surface area (Å²) in [7, 11) is 0. The summed E-state index contributed by atoms with van der Waals surface area (Å²) in [6.45, 7) is 3.78. The summed E-state index contributed by atoms with van der Waals surface area (Å²) >= 11 is 0. The van der Waals surface area contributed by atoms with Crippen LogP contribution >= 0.6 is 0 Å². The molecule has 2 aromatic rings. The molecule has 0 spiro atoms. The number of para-hydroxylation sites is 1. The highest BCUT2D eigenvalue weighted by Crippen LogP contribution is 2.34. The zero-order valence-corrected chi connectivity index (χ0v) is 12.6. The lowest BCUT2D eigenvalue weighted by Gasteiger charge is -2.24. The highest BCUT2D eigenvalue weighted by Gasteiger charge is 2.21. The third-order valence-corrected chi connectivity index (χ3v) is 4.41. The Morgan fingerprint density at radius 3 is 2.55 bits per heavy atom. The van der Waals surface area contributed by atoms with E-state index in [0.29, 0.717) is 12.5 Å². The molecule has 0 saturated heterocycles. The van der Waals surface area contributed by atoms with Crippen LogP contribution in [-0.4, -0.2) is 15.3 Å². The predicted molar refractivity (Wildman–Crippen MR) is 84.1 cm³/mol. The second-order valence-electron chi connectivity index (χ2n) is 6.86. The minimum Gasteiger partial charge on any atom is -0.390 e. The van der Waals surface area contributed by atoms with Crippen LogP contribution in [0, 0.1) is 0 Å². The molecule has 1 N–H and O–H groups in total. The summed E-state index contributed by atoms with van der Waals surface area (Å²) in [5.41, 5.74) is 1.96. The van der Waals surface area contributed by atoms with Gasteiger partial charge in [-0.1, -0.05) is 37.5 Å². The fourth-order valence-corrected chi connectivity index (χ4v) is 3.55. The molecule has 0 atom stereocenters. The van der Waals surface area contributed by atoms with E-state index in [1.165, 1.54) is 48.6 Å². The molecule has 108 valence electrons. The summed E-state index contributed by atoms with van der Waals surface area (Å²) in [5.74, 6) is 0. The van der Waals surface area contributed by atoms with Gasteiger partial charge in [0.05, 0.1) is 5.60 Å². The fourth-order valence-electron chi connectivity index (χ4n) is 3.55. The molecular formula is C18H25NO. The van der Waals surface area contributed by atoms with E-state index in [2.05, 4.69) is 35.0 Å². The van der Waals surface area contributed by atoms with Gasteiger partial charge < -0.3 is 9.67 Å². The first-order valence-electron chi connectivity index (χ1n) is 7.85. The number of nitrogens with zero attached hydrogens (tertiary/aromatic N) is 1. The smallest absolute Gasteiger partial charge is 0.0632 e. The summed E-state index contributed by atoms with van der Waals surface area (Å²) in [5, 5.41) is 11.4. The van der Waals surface area contributed by atoms with Crippen LogP contribution in [0.4, 0.5) is 0 Å². The first kappa shape index (κ1) is 13.7. The Kier molecular flexibility index (Phi) is 3.59. The SMILES string of the molecule is CC(C)(O)Cc1cn(C2CCCCC2)c2ccccc12. The van der Waals surface area contributed by atoms with E-state index >= 15 is 0 Å². The molecule has 0 bridgehead atoms. The third kappa shape index (κ3) is 2.76. The van der Waals surface area contributed by atoms with Gasteiger partial charge in [-0.05, 0) is 38.3 Å². The van der Waals surface area contributed by atoms with Gasteiger partial charge in [0.2, 0.25) is 0 Å². The lowest BCUT2D eigenvalue weighted by atomic mass is 9.95. The van der Waals surface area contributed by atoms with Gasteiger partial charge in [0.15, 0.2) is 0 Å². The summed E-state index contributed by atoms with van der Waals surface area (Å²) in [6.07, 6.45) is 9.66. The van der Waals surface area contributed by atoms with Crippen molar-refractivity contribution in [1.29, 1.82) is 0 Å². The molecule has 1 saturated carbocycles. The molecule has 1 aliphatic rings. The average Bonchev–Trinajstić information content (AvgIpc) is 2.77. The quantitative estimate of drug-likeness (QED) is 0.876. The normalized spacial score (nSPS) is 17.8. The molecule has 0 radical (unpaired) electrons. The monoisotopic (exact) mass is 271 g/mol. The van der Waals surface area contributed by atoms with Crippen molar-refractivity contribution < 1.29 is 5.11 Å². The highest BCUT2D eigenvalue weighted by atomic mass is 16.3. The fraction of sp³-hybridized carbons (Fsp3) is 0.556. The summed E-state index contributed by atoms with van der Waals surface area (Å²) in [6, 6.07) is 9.27. The molecule has 0 unspecified atom stereocenters. The maximum atomic E-state index is 10.1. The van der Waals surface area contributed by atoms with E-state index in [1.54, 1.807) is 0 Å². The number of hydrogen-bond donors (Lipinski definition) is 1. The van der Waals surface area contributed by atoms with E-state index < -0.39 is 5.60 Å². The predicted octanol–water partition coefficient (Wildman–Crippen LogP) is 4.46. The van der Waals surface area contributed by atoms with Crippen LogP contribution in [0.2, 0.25) is 0 Å². The number of aliphatic hydroxyl groups is 1. The van der Waals surface area contributed by atoms with Gasteiger partial charge in [0, 0.05) is 29.6 Å². The van der Waals surface area contributed by atoms with Gasteiger partial charge in [0.1, 0.15) is 0 Å². The van der Waals surface area contributed by atoms with Crippen LogP contribution in [0.3, 0.4) is 0 Å². The number of hydrogen-bond acceptors (Lipinski definition) is 1. The summed E-state index contributed by atoms with van der Waals surface area (Å²) in [4.78, 5) is 0. The van der Waals surface area contributed by atoms with E-state index in [4.69, 9.17) is 0 Å². The maximum absolute atomic E-state index is 10.1. The molecular weight excluding hydrogens is 246 g/mol. The van der Waals surface area contributed by atoms with Crippen LogP contribution < -0.4 is 0 Å². The zero-order valence-electron chi connectivity index (χ0n) is 12.6. The van der Waals surface area contributed by atoms with Gasteiger partial charge in [-0.2, -0.15) is 0 Å². The Morgan fingerprint density at radius 1 is 1.15 bits per heavy atom. The largest absolute Gasteiger partial charge is 0.390 e. The van der Waals surface area contributed by atoms with Gasteiger partial charge >= 0.3 is 0 Å². The standard InChI is InChI=1S/C18H25NO/c1-18(2,20)12-14-13-19(15-8-4-3-5-9-15)17-11-7-6-10-16(14)17/h6-7,10-11,13,15,20H,3-5,8-9,12H2,1-2H3. The number of aromatic nitrogens is 1. The first-order chi connectivity index (χ1) is 9.54. The topological polar surface area (TPSA) is 25.2 Å². The molecule has 0 amide bonds. The van der Waals surface area contributed by atoms with E-state index in [0.717, 1.165) is 0 Å². The Hall–Kier alpha value is -1.28. The molecule has 3 rings (SSSR count).